The van der Waals surface area contributed by atoms with Crippen molar-refractivity contribution >= 4 is 38.9 Å². The van der Waals surface area contributed by atoms with Gasteiger partial charge in [-0.05, 0) is 61.0 Å². The predicted octanol–water partition coefficient (Wildman–Crippen LogP) is 5.45. The Labute approximate surface area is 121 Å². The van der Waals surface area contributed by atoms with E-state index in [9.17, 15) is 0 Å². The molecule has 2 rings (SSSR count). The van der Waals surface area contributed by atoms with Crippen molar-refractivity contribution in [1.82, 2.24) is 0 Å². The van der Waals surface area contributed by atoms with Crippen LogP contribution in [-0.2, 0) is 4.74 Å². The van der Waals surface area contributed by atoms with Gasteiger partial charge >= 0.3 is 0 Å². The van der Waals surface area contributed by atoms with Gasteiger partial charge in [0.05, 0.1) is 11.5 Å². The Kier molecular flexibility index (Phi) is 5.34. The van der Waals surface area contributed by atoms with Gasteiger partial charge in [-0.25, -0.2) is 0 Å². The number of hydrogen-bond donors (Lipinski definition) is 0. The summed E-state index contributed by atoms with van der Waals surface area (Å²) in [6.45, 7) is 3.05. The molecule has 0 aliphatic carbocycles. The minimum absolute atomic E-state index is 0.119. The van der Waals surface area contributed by atoms with Crippen LogP contribution in [0.2, 0.25) is 0 Å². The third kappa shape index (κ3) is 3.95. The molecule has 0 bridgehead atoms. The number of hydrogen-bond acceptors (Lipinski definition) is 2. The van der Waals surface area contributed by atoms with Gasteiger partial charge in [0.2, 0.25) is 0 Å². The van der Waals surface area contributed by atoms with Gasteiger partial charge in [0.1, 0.15) is 0 Å². The summed E-state index contributed by atoms with van der Waals surface area (Å²) in [5.74, 6) is 0. The first-order valence-corrected chi connectivity index (χ1v) is 8.23. The minimum atomic E-state index is 0.119. The first-order valence-electron chi connectivity index (χ1n) is 6.18. The quantitative estimate of drug-likeness (QED) is 0.664. The number of rotatable bonds is 4. The molecule has 0 spiro atoms. The fourth-order valence-electron chi connectivity index (χ4n) is 2.21. The highest BCUT2D eigenvalue weighted by Crippen LogP contribution is 2.38. The average molecular weight is 338 g/mol. The van der Waals surface area contributed by atoms with E-state index in [1.165, 1.54) is 29.0 Å². The average Bonchev–Trinajstić information content (AvgIpc) is 2.67. The van der Waals surface area contributed by atoms with Crippen molar-refractivity contribution in [3.63, 3.8) is 0 Å². The Hall–Kier alpha value is 0.430. The molecule has 2 unspecified atom stereocenters. The standard InChI is InChI=1S/C13H18BrClOS/c1-9-8-11(14)13(17-9)12(15)6-5-10-4-2-3-7-16-10/h8,10,12H,2-7H2,1H3. The van der Waals surface area contributed by atoms with Gasteiger partial charge in [-0.15, -0.1) is 22.9 Å². The highest BCUT2D eigenvalue weighted by Gasteiger charge is 2.19. The summed E-state index contributed by atoms with van der Waals surface area (Å²) in [7, 11) is 0. The molecule has 4 heteroatoms. The lowest BCUT2D eigenvalue weighted by Gasteiger charge is -2.23. The van der Waals surface area contributed by atoms with Crippen LogP contribution in [0.25, 0.3) is 0 Å². The van der Waals surface area contributed by atoms with E-state index in [1.54, 1.807) is 11.3 Å². The second kappa shape index (κ2) is 6.55. The summed E-state index contributed by atoms with van der Waals surface area (Å²) in [5.41, 5.74) is 0. The van der Waals surface area contributed by atoms with Gasteiger partial charge in [0.25, 0.3) is 0 Å². The van der Waals surface area contributed by atoms with E-state index >= 15 is 0 Å². The SMILES string of the molecule is Cc1cc(Br)c(C(Cl)CCC2CCCCO2)s1. The van der Waals surface area contributed by atoms with E-state index in [1.807, 2.05) is 0 Å². The molecule has 1 aliphatic heterocycles. The molecule has 1 nitrogen and oxygen atoms in total. The molecule has 1 aliphatic rings. The number of thiophene rings is 1. The molecule has 1 saturated heterocycles. The van der Waals surface area contributed by atoms with E-state index in [2.05, 4.69) is 28.9 Å². The van der Waals surface area contributed by atoms with Gasteiger partial charge in [0.15, 0.2) is 0 Å². The first kappa shape index (κ1) is 13.9. The third-order valence-corrected chi connectivity index (χ3v) is 5.79. The van der Waals surface area contributed by atoms with Gasteiger partial charge in [-0.2, -0.15) is 0 Å². The van der Waals surface area contributed by atoms with Crippen LogP contribution in [0.3, 0.4) is 0 Å². The Balaban J connectivity index is 1.84. The number of halogens is 2. The molecule has 1 aromatic rings. The van der Waals surface area contributed by atoms with Crippen LogP contribution in [0.4, 0.5) is 0 Å². The molecule has 0 radical (unpaired) electrons. The fourth-order valence-corrected chi connectivity index (χ4v) is 4.66. The van der Waals surface area contributed by atoms with E-state index in [4.69, 9.17) is 16.3 Å². The largest absolute Gasteiger partial charge is 0.378 e. The smallest absolute Gasteiger partial charge is 0.0691 e. The van der Waals surface area contributed by atoms with Crippen molar-refractivity contribution in [3.8, 4) is 0 Å². The first-order chi connectivity index (χ1) is 8.16. The normalized spacial score (nSPS) is 22.6. The van der Waals surface area contributed by atoms with Gasteiger partial charge < -0.3 is 4.74 Å². The van der Waals surface area contributed by atoms with E-state index in [0.29, 0.717) is 6.10 Å². The Morgan fingerprint density at radius 1 is 1.59 bits per heavy atom. The zero-order valence-corrected chi connectivity index (χ0v) is 13.2. The number of alkyl halides is 1. The maximum atomic E-state index is 6.47. The van der Waals surface area contributed by atoms with E-state index < -0.39 is 0 Å². The zero-order chi connectivity index (χ0) is 12.3. The highest BCUT2D eigenvalue weighted by molar-refractivity contribution is 9.10. The minimum Gasteiger partial charge on any atom is -0.378 e. The lowest BCUT2D eigenvalue weighted by atomic mass is 10.0. The van der Waals surface area contributed by atoms with Crippen LogP contribution >= 0.6 is 38.9 Å². The lowest BCUT2D eigenvalue weighted by molar-refractivity contribution is 0.0100. The van der Waals surface area contributed by atoms with Crippen LogP contribution in [0.1, 0.15) is 47.2 Å². The van der Waals surface area contributed by atoms with Gasteiger partial charge in [-0.3, -0.25) is 0 Å². The summed E-state index contributed by atoms with van der Waals surface area (Å²) in [4.78, 5) is 2.58. The summed E-state index contributed by atoms with van der Waals surface area (Å²) in [6, 6.07) is 2.15. The number of ether oxygens (including phenoxy) is 1. The van der Waals surface area contributed by atoms with Gasteiger partial charge in [0, 0.05) is 20.8 Å². The molecule has 17 heavy (non-hydrogen) atoms. The Morgan fingerprint density at radius 2 is 2.41 bits per heavy atom. The Bertz CT molecular complexity index is 360. The predicted molar refractivity (Wildman–Crippen MR) is 78.2 cm³/mol. The van der Waals surface area contributed by atoms with Crippen LogP contribution in [0.15, 0.2) is 10.5 Å². The van der Waals surface area contributed by atoms with Crippen LogP contribution in [0.5, 0.6) is 0 Å². The summed E-state index contributed by atoms with van der Waals surface area (Å²) in [5, 5.41) is 0.119. The summed E-state index contributed by atoms with van der Waals surface area (Å²) < 4.78 is 6.89. The number of aryl methyl sites for hydroxylation is 1. The van der Waals surface area contributed by atoms with Crippen LogP contribution < -0.4 is 0 Å². The van der Waals surface area contributed by atoms with E-state index in [-0.39, 0.29) is 5.38 Å². The lowest BCUT2D eigenvalue weighted by Crippen LogP contribution is -2.19. The molecule has 1 fully saturated rings. The molecule has 0 aromatic carbocycles. The third-order valence-electron chi connectivity index (χ3n) is 3.14. The molecular formula is C13H18BrClOS. The Morgan fingerprint density at radius 3 is 3.00 bits per heavy atom. The van der Waals surface area contributed by atoms with Crippen molar-refractivity contribution < 1.29 is 4.74 Å². The van der Waals surface area contributed by atoms with Crippen molar-refractivity contribution in [2.45, 2.75) is 50.5 Å². The van der Waals surface area contributed by atoms with Crippen molar-refractivity contribution in [3.05, 3.63) is 20.3 Å². The molecule has 96 valence electrons. The highest BCUT2D eigenvalue weighted by atomic mass is 79.9. The fraction of sp³-hybridized carbons (Fsp3) is 0.692. The molecule has 1 aromatic heterocycles. The van der Waals surface area contributed by atoms with Crippen LogP contribution in [-0.4, -0.2) is 12.7 Å². The zero-order valence-electron chi connectivity index (χ0n) is 10.0. The monoisotopic (exact) mass is 336 g/mol. The molecule has 0 saturated carbocycles. The van der Waals surface area contributed by atoms with Gasteiger partial charge in [-0.1, -0.05) is 0 Å². The maximum Gasteiger partial charge on any atom is 0.0691 e. The van der Waals surface area contributed by atoms with Crippen molar-refractivity contribution in [2.75, 3.05) is 6.61 Å². The molecule has 0 N–H and O–H groups in total. The molecule has 2 heterocycles. The summed E-state index contributed by atoms with van der Waals surface area (Å²) >= 11 is 11.8. The molecule has 2 atom stereocenters. The van der Waals surface area contributed by atoms with Crippen molar-refractivity contribution in [1.29, 1.82) is 0 Å². The van der Waals surface area contributed by atoms with Crippen LogP contribution in [0, 0.1) is 6.92 Å². The summed E-state index contributed by atoms with van der Waals surface area (Å²) in [6.07, 6.45) is 6.25. The maximum absolute atomic E-state index is 6.47. The second-order valence-electron chi connectivity index (χ2n) is 4.60. The van der Waals surface area contributed by atoms with E-state index in [0.717, 1.165) is 23.9 Å². The molecule has 0 amide bonds. The topological polar surface area (TPSA) is 9.23 Å². The second-order valence-corrected chi connectivity index (χ2v) is 7.27. The van der Waals surface area contributed by atoms with Crippen molar-refractivity contribution in [2.24, 2.45) is 0 Å². The molecular weight excluding hydrogens is 320 g/mol.